The predicted molar refractivity (Wildman–Crippen MR) is 158 cm³/mol. The molecule has 0 heterocycles. The van der Waals surface area contributed by atoms with Gasteiger partial charge in [0.1, 0.15) is 24.2 Å². The quantitative estimate of drug-likeness (QED) is 0.302. The Morgan fingerprint density at radius 1 is 1.02 bits per heavy atom. The molecular formula is C30H35ClFN3O5S. The van der Waals surface area contributed by atoms with Crippen LogP contribution in [0.15, 0.2) is 71.6 Å². The number of benzene rings is 3. The summed E-state index contributed by atoms with van der Waals surface area (Å²) in [5.41, 5.74) is 1.59. The number of carbonyl (C=O) groups excluding carboxylic acids is 2. The highest BCUT2D eigenvalue weighted by molar-refractivity contribution is 7.92. The molecule has 0 saturated heterocycles. The molecule has 0 spiro atoms. The van der Waals surface area contributed by atoms with Crippen molar-refractivity contribution >= 4 is 39.1 Å². The number of methoxy groups -OCH3 is 1. The van der Waals surface area contributed by atoms with Crippen LogP contribution in [-0.4, -0.2) is 50.9 Å². The number of nitrogens with zero attached hydrogens (tertiary/aromatic N) is 2. The standard InChI is InChI=1S/C30H35ClFN3O5S/c1-6-27(30(37)33-20(2)3)34(18-22-9-11-23(32)12-10-22)29(36)19-35(24-13-16-28(40-5)26(31)17-24)41(38,39)25-14-7-21(4)8-15-25/h7-17,20,27H,6,18-19H2,1-5H3,(H,33,37)/t27-/m1/s1. The zero-order valence-corrected chi connectivity index (χ0v) is 25.3. The molecule has 1 N–H and O–H groups in total. The van der Waals surface area contributed by atoms with Crippen LogP contribution in [0.1, 0.15) is 38.3 Å². The summed E-state index contributed by atoms with van der Waals surface area (Å²) in [6.45, 7) is 6.55. The zero-order chi connectivity index (χ0) is 30.3. The number of rotatable bonds is 12. The Bertz CT molecular complexity index is 1460. The molecule has 1 atom stereocenters. The molecule has 0 aliphatic rings. The average molecular weight is 604 g/mol. The van der Waals surface area contributed by atoms with Crippen molar-refractivity contribution in [2.24, 2.45) is 0 Å². The Hall–Kier alpha value is -3.63. The van der Waals surface area contributed by atoms with Crippen LogP contribution in [0.5, 0.6) is 5.75 Å². The molecule has 0 unspecified atom stereocenters. The summed E-state index contributed by atoms with van der Waals surface area (Å²) in [7, 11) is -2.81. The van der Waals surface area contributed by atoms with E-state index in [0.29, 0.717) is 11.3 Å². The average Bonchev–Trinajstić information content (AvgIpc) is 2.92. The largest absolute Gasteiger partial charge is 0.495 e. The first-order chi connectivity index (χ1) is 19.4. The molecule has 41 heavy (non-hydrogen) atoms. The van der Waals surface area contributed by atoms with Crippen molar-refractivity contribution < 1.29 is 27.1 Å². The second kappa shape index (κ2) is 13.8. The van der Waals surface area contributed by atoms with Gasteiger partial charge in [-0.2, -0.15) is 0 Å². The Morgan fingerprint density at radius 2 is 1.66 bits per heavy atom. The number of anilines is 1. The Balaban J connectivity index is 2.09. The highest BCUT2D eigenvalue weighted by atomic mass is 35.5. The minimum Gasteiger partial charge on any atom is -0.495 e. The highest BCUT2D eigenvalue weighted by Crippen LogP contribution is 2.32. The number of ether oxygens (including phenoxy) is 1. The summed E-state index contributed by atoms with van der Waals surface area (Å²) in [6, 6.07) is 15.2. The van der Waals surface area contributed by atoms with E-state index < -0.39 is 34.3 Å². The topological polar surface area (TPSA) is 96.0 Å². The molecule has 0 bridgehead atoms. The van der Waals surface area contributed by atoms with Gasteiger partial charge in [0.25, 0.3) is 10.0 Å². The SMILES string of the molecule is CC[C@H](C(=O)NC(C)C)N(Cc1ccc(F)cc1)C(=O)CN(c1ccc(OC)c(Cl)c1)S(=O)(=O)c1ccc(C)cc1. The smallest absolute Gasteiger partial charge is 0.264 e. The molecule has 11 heteroatoms. The van der Waals surface area contributed by atoms with Crippen molar-refractivity contribution in [1.82, 2.24) is 10.2 Å². The summed E-state index contributed by atoms with van der Waals surface area (Å²) in [5, 5.41) is 2.99. The van der Waals surface area contributed by atoms with Gasteiger partial charge in [-0.05, 0) is 75.2 Å². The van der Waals surface area contributed by atoms with Crippen molar-refractivity contribution in [3.05, 3.63) is 88.7 Å². The van der Waals surface area contributed by atoms with Crippen molar-refractivity contribution in [2.75, 3.05) is 18.0 Å². The van der Waals surface area contributed by atoms with E-state index in [-0.39, 0.29) is 40.5 Å². The normalized spacial score (nSPS) is 12.1. The Kier molecular flexibility index (Phi) is 10.8. The molecule has 0 aromatic heterocycles. The maximum atomic E-state index is 14.0. The lowest BCUT2D eigenvalue weighted by atomic mass is 10.1. The molecule has 0 saturated carbocycles. The zero-order valence-electron chi connectivity index (χ0n) is 23.7. The number of sulfonamides is 1. The fourth-order valence-electron chi connectivity index (χ4n) is 4.26. The van der Waals surface area contributed by atoms with Gasteiger partial charge in [-0.3, -0.25) is 13.9 Å². The summed E-state index contributed by atoms with van der Waals surface area (Å²) in [5.74, 6) is -1.10. The van der Waals surface area contributed by atoms with E-state index in [1.165, 1.54) is 66.6 Å². The van der Waals surface area contributed by atoms with E-state index in [0.717, 1.165) is 9.87 Å². The van der Waals surface area contributed by atoms with Crippen molar-refractivity contribution in [3.8, 4) is 5.75 Å². The third-order valence-electron chi connectivity index (χ3n) is 6.39. The molecule has 0 radical (unpaired) electrons. The van der Waals surface area contributed by atoms with E-state index in [4.69, 9.17) is 16.3 Å². The maximum absolute atomic E-state index is 14.0. The highest BCUT2D eigenvalue weighted by Gasteiger charge is 2.34. The number of aryl methyl sites for hydroxylation is 1. The lowest BCUT2D eigenvalue weighted by molar-refractivity contribution is -0.140. The number of halogens is 2. The first-order valence-corrected chi connectivity index (χ1v) is 15.0. The van der Waals surface area contributed by atoms with Gasteiger partial charge >= 0.3 is 0 Å². The third-order valence-corrected chi connectivity index (χ3v) is 8.48. The molecule has 0 aliphatic carbocycles. The van der Waals surface area contributed by atoms with Gasteiger partial charge in [0.05, 0.1) is 22.7 Å². The van der Waals surface area contributed by atoms with E-state index in [1.54, 1.807) is 32.9 Å². The molecule has 0 aliphatic heterocycles. The number of amides is 2. The minimum absolute atomic E-state index is 0.0162. The molecule has 3 aromatic carbocycles. The molecule has 0 fully saturated rings. The van der Waals surface area contributed by atoms with Crippen molar-refractivity contribution in [3.63, 3.8) is 0 Å². The summed E-state index contributed by atoms with van der Waals surface area (Å²) in [4.78, 5) is 28.5. The van der Waals surface area contributed by atoms with Gasteiger partial charge in [-0.25, -0.2) is 12.8 Å². The minimum atomic E-state index is -4.25. The summed E-state index contributed by atoms with van der Waals surface area (Å²) >= 11 is 6.35. The molecule has 3 aromatic rings. The van der Waals surface area contributed by atoms with Gasteiger partial charge < -0.3 is 15.0 Å². The van der Waals surface area contributed by atoms with Crippen LogP contribution in [0.25, 0.3) is 0 Å². The van der Waals surface area contributed by atoms with Crippen LogP contribution in [0.4, 0.5) is 10.1 Å². The molecule has 3 rings (SSSR count). The maximum Gasteiger partial charge on any atom is 0.264 e. The van der Waals surface area contributed by atoms with E-state index in [9.17, 15) is 22.4 Å². The van der Waals surface area contributed by atoms with Crippen molar-refractivity contribution in [1.29, 1.82) is 0 Å². The van der Waals surface area contributed by atoms with E-state index in [1.807, 2.05) is 6.92 Å². The first kappa shape index (κ1) is 31.9. The summed E-state index contributed by atoms with van der Waals surface area (Å²) < 4.78 is 47.7. The Morgan fingerprint density at radius 3 is 2.20 bits per heavy atom. The van der Waals surface area contributed by atoms with Crippen LogP contribution in [0.3, 0.4) is 0 Å². The van der Waals surface area contributed by atoms with Gasteiger partial charge in [0, 0.05) is 12.6 Å². The van der Waals surface area contributed by atoms with Crippen LogP contribution in [0.2, 0.25) is 5.02 Å². The van der Waals surface area contributed by atoms with Crippen molar-refractivity contribution in [2.45, 2.75) is 57.6 Å². The fraction of sp³-hybridized carbons (Fsp3) is 0.333. The van der Waals surface area contributed by atoms with Crippen LogP contribution in [-0.2, 0) is 26.2 Å². The lowest BCUT2D eigenvalue weighted by Crippen LogP contribution is -2.53. The fourth-order valence-corrected chi connectivity index (χ4v) is 5.92. The third kappa shape index (κ3) is 7.98. The number of nitrogens with one attached hydrogen (secondary N) is 1. The van der Waals surface area contributed by atoms with Gasteiger partial charge in [0.15, 0.2) is 0 Å². The predicted octanol–water partition coefficient (Wildman–Crippen LogP) is 5.32. The second-order valence-electron chi connectivity index (χ2n) is 9.88. The molecule has 220 valence electrons. The van der Waals surface area contributed by atoms with Gasteiger partial charge in [0.2, 0.25) is 11.8 Å². The second-order valence-corrected chi connectivity index (χ2v) is 12.1. The molecule has 2 amide bonds. The van der Waals surface area contributed by atoms with E-state index >= 15 is 0 Å². The Labute approximate surface area is 246 Å². The monoisotopic (exact) mass is 603 g/mol. The molecule has 8 nitrogen and oxygen atoms in total. The van der Waals surface area contributed by atoms with Crippen LogP contribution in [0, 0.1) is 12.7 Å². The first-order valence-electron chi connectivity index (χ1n) is 13.1. The number of hydrogen-bond acceptors (Lipinski definition) is 5. The number of hydrogen-bond donors (Lipinski definition) is 1. The molecular weight excluding hydrogens is 569 g/mol. The van der Waals surface area contributed by atoms with Gasteiger partial charge in [-0.1, -0.05) is 48.4 Å². The van der Waals surface area contributed by atoms with E-state index in [2.05, 4.69) is 5.32 Å². The lowest BCUT2D eigenvalue weighted by Gasteiger charge is -2.33. The van der Waals surface area contributed by atoms with Gasteiger partial charge in [-0.15, -0.1) is 0 Å². The summed E-state index contributed by atoms with van der Waals surface area (Å²) in [6.07, 6.45) is 0.268. The van der Waals surface area contributed by atoms with Crippen LogP contribution < -0.4 is 14.4 Å². The van der Waals surface area contributed by atoms with Crippen LogP contribution >= 0.6 is 11.6 Å². The number of carbonyl (C=O) groups is 2.